The molecular weight excluding hydrogens is 246 g/mol. The van der Waals surface area contributed by atoms with Gasteiger partial charge in [0, 0.05) is 17.3 Å². The molecule has 0 radical (unpaired) electrons. The number of nitrogens with one attached hydrogen (secondary N) is 1. The number of anilines is 1. The molecule has 1 aliphatic carbocycles. The van der Waals surface area contributed by atoms with Crippen molar-refractivity contribution in [1.82, 2.24) is 10.2 Å². The van der Waals surface area contributed by atoms with Crippen LogP contribution in [-0.4, -0.2) is 16.7 Å². The fourth-order valence-electron chi connectivity index (χ4n) is 2.66. The number of nitrogens with zero attached hydrogens (tertiary/aromatic N) is 2. The molecule has 1 aromatic heterocycles. The zero-order valence-corrected chi connectivity index (χ0v) is 11.0. The summed E-state index contributed by atoms with van der Waals surface area (Å²) in [6, 6.07) is 7.98. The van der Waals surface area contributed by atoms with Crippen molar-refractivity contribution in [3.8, 4) is 0 Å². The minimum Gasteiger partial charge on any atom is -0.368 e. The summed E-state index contributed by atoms with van der Waals surface area (Å²) in [4.78, 5) is 0. The first-order valence-electron chi connectivity index (χ1n) is 6.49. The molecule has 18 heavy (non-hydrogen) atoms. The molecule has 0 unspecified atom stereocenters. The zero-order valence-electron chi connectivity index (χ0n) is 10.2. The molecule has 1 fully saturated rings. The normalized spacial score (nSPS) is 16.3. The predicted octanol–water partition coefficient (Wildman–Crippen LogP) is 3.89. The Labute approximate surface area is 112 Å². The van der Waals surface area contributed by atoms with Crippen LogP contribution in [-0.2, 0) is 0 Å². The van der Waals surface area contributed by atoms with E-state index in [1.165, 1.54) is 25.7 Å². The fourth-order valence-corrected chi connectivity index (χ4v) is 2.86. The van der Waals surface area contributed by atoms with Crippen LogP contribution >= 0.6 is 11.6 Å². The van der Waals surface area contributed by atoms with Crippen molar-refractivity contribution < 1.29 is 0 Å². The lowest BCUT2D eigenvalue weighted by Crippen LogP contribution is -2.12. The van der Waals surface area contributed by atoms with Gasteiger partial charge in [0.2, 0.25) is 0 Å². The van der Waals surface area contributed by atoms with Gasteiger partial charge in [0.1, 0.15) is 0 Å². The maximum absolute atomic E-state index is 6.05. The van der Waals surface area contributed by atoms with Crippen LogP contribution in [0.3, 0.4) is 0 Å². The Kier molecular flexibility index (Phi) is 3.33. The summed E-state index contributed by atoms with van der Waals surface area (Å²) in [5.41, 5.74) is 0. The number of halogens is 1. The number of benzene rings is 1. The third-order valence-electron chi connectivity index (χ3n) is 3.68. The van der Waals surface area contributed by atoms with Crippen molar-refractivity contribution in [3.63, 3.8) is 0 Å². The van der Waals surface area contributed by atoms with Crippen molar-refractivity contribution in [1.29, 1.82) is 0 Å². The van der Waals surface area contributed by atoms with Gasteiger partial charge in [-0.25, -0.2) is 0 Å². The van der Waals surface area contributed by atoms with Gasteiger partial charge in [0.25, 0.3) is 0 Å². The highest BCUT2D eigenvalue weighted by atomic mass is 35.5. The topological polar surface area (TPSA) is 37.8 Å². The molecule has 0 amide bonds. The van der Waals surface area contributed by atoms with Gasteiger partial charge in [-0.15, -0.1) is 10.2 Å². The van der Waals surface area contributed by atoms with Gasteiger partial charge in [-0.2, -0.15) is 0 Å². The van der Waals surface area contributed by atoms with E-state index in [1.54, 1.807) is 0 Å². The Hall–Kier alpha value is -1.35. The molecule has 1 aromatic carbocycles. The molecule has 1 heterocycles. The highest BCUT2D eigenvalue weighted by Gasteiger charge is 2.15. The Morgan fingerprint density at radius 1 is 1.11 bits per heavy atom. The van der Waals surface area contributed by atoms with Crippen LogP contribution in [0.5, 0.6) is 0 Å². The van der Waals surface area contributed by atoms with E-state index in [1.807, 2.05) is 24.3 Å². The SMILES string of the molecule is Clc1nnc(NCC2CCCC2)c2ccccc12. The molecule has 1 saturated carbocycles. The Morgan fingerprint density at radius 3 is 2.61 bits per heavy atom. The first-order valence-corrected chi connectivity index (χ1v) is 6.87. The summed E-state index contributed by atoms with van der Waals surface area (Å²) in [7, 11) is 0. The van der Waals surface area contributed by atoms with Gasteiger partial charge in [0.15, 0.2) is 11.0 Å². The third-order valence-corrected chi connectivity index (χ3v) is 3.95. The molecule has 0 aliphatic heterocycles. The van der Waals surface area contributed by atoms with E-state index in [-0.39, 0.29) is 0 Å². The Morgan fingerprint density at radius 2 is 1.83 bits per heavy atom. The predicted molar refractivity (Wildman–Crippen MR) is 75.0 cm³/mol. The van der Waals surface area contributed by atoms with Gasteiger partial charge >= 0.3 is 0 Å². The van der Waals surface area contributed by atoms with Crippen LogP contribution in [0, 0.1) is 5.92 Å². The van der Waals surface area contributed by atoms with Crippen LogP contribution in [0.15, 0.2) is 24.3 Å². The number of hydrogen-bond acceptors (Lipinski definition) is 3. The van der Waals surface area contributed by atoms with E-state index in [2.05, 4.69) is 15.5 Å². The lowest BCUT2D eigenvalue weighted by atomic mass is 10.1. The molecule has 0 spiro atoms. The number of rotatable bonds is 3. The standard InChI is InChI=1S/C14H16ClN3/c15-13-11-7-3-4-8-12(11)14(18-17-13)16-9-10-5-1-2-6-10/h3-4,7-8,10H,1-2,5-6,9H2,(H,16,18). The van der Waals surface area contributed by atoms with Crippen LogP contribution in [0.4, 0.5) is 5.82 Å². The molecular formula is C14H16ClN3. The second kappa shape index (κ2) is 5.11. The second-order valence-corrected chi connectivity index (χ2v) is 5.27. The molecule has 0 bridgehead atoms. The van der Waals surface area contributed by atoms with E-state index in [9.17, 15) is 0 Å². The van der Waals surface area contributed by atoms with Crippen molar-refractivity contribution in [3.05, 3.63) is 29.4 Å². The zero-order chi connectivity index (χ0) is 12.4. The van der Waals surface area contributed by atoms with E-state index < -0.39 is 0 Å². The summed E-state index contributed by atoms with van der Waals surface area (Å²) in [6.45, 7) is 0.986. The quantitative estimate of drug-likeness (QED) is 0.911. The van der Waals surface area contributed by atoms with Crippen molar-refractivity contribution in [2.45, 2.75) is 25.7 Å². The van der Waals surface area contributed by atoms with Gasteiger partial charge in [-0.05, 0) is 18.8 Å². The maximum Gasteiger partial charge on any atom is 0.159 e. The Bertz CT molecular complexity index is 550. The van der Waals surface area contributed by atoms with E-state index in [0.717, 1.165) is 29.1 Å². The van der Waals surface area contributed by atoms with Gasteiger partial charge in [-0.1, -0.05) is 48.7 Å². The van der Waals surface area contributed by atoms with Crippen molar-refractivity contribution >= 4 is 28.2 Å². The average Bonchev–Trinajstić information content (AvgIpc) is 2.92. The molecule has 0 atom stereocenters. The molecule has 0 saturated heterocycles. The van der Waals surface area contributed by atoms with Crippen LogP contribution < -0.4 is 5.32 Å². The van der Waals surface area contributed by atoms with E-state index in [0.29, 0.717) is 5.15 Å². The lowest BCUT2D eigenvalue weighted by molar-refractivity contribution is 0.579. The highest BCUT2D eigenvalue weighted by Crippen LogP contribution is 2.28. The van der Waals surface area contributed by atoms with Crippen molar-refractivity contribution in [2.24, 2.45) is 5.92 Å². The van der Waals surface area contributed by atoms with Crippen LogP contribution in [0.2, 0.25) is 5.15 Å². The summed E-state index contributed by atoms with van der Waals surface area (Å²) < 4.78 is 0. The smallest absolute Gasteiger partial charge is 0.159 e. The minimum atomic E-state index is 0.469. The largest absolute Gasteiger partial charge is 0.368 e. The van der Waals surface area contributed by atoms with E-state index >= 15 is 0 Å². The minimum absolute atomic E-state index is 0.469. The summed E-state index contributed by atoms with van der Waals surface area (Å²) in [5.74, 6) is 1.63. The molecule has 2 aromatic rings. The average molecular weight is 262 g/mol. The van der Waals surface area contributed by atoms with Crippen molar-refractivity contribution in [2.75, 3.05) is 11.9 Å². The highest BCUT2D eigenvalue weighted by molar-refractivity contribution is 6.34. The monoisotopic (exact) mass is 261 g/mol. The molecule has 1 N–H and O–H groups in total. The third kappa shape index (κ3) is 2.27. The molecule has 1 aliphatic rings. The first-order chi connectivity index (χ1) is 8.84. The van der Waals surface area contributed by atoms with Crippen LogP contribution in [0.1, 0.15) is 25.7 Å². The molecule has 94 valence electrons. The maximum atomic E-state index is 6.05. The lowest BCUT2D eigenvalue weighted by Gasteiger charge is -2.12. The first kappa shape index (κ1) is 11.7. The van der Waals surface area contributed by atoms with E-state index in [4.69, 9.17) is 11.6 Å². The summed E-state index contributed by atoms with van der Waals surface area (Å²) in [6.07, 6.45) is 5.37. The Balaban J connectivity index is 1.85. The summed E-state index contributed by atoms with van der Waals surface area (Å²) >= 11 is 6.05. The number of hydrogen-bond donors (Lipinski definition) is 1. The molecule has 4 heteroatoms. The van der Waals surface area contributed by atoms with Crippen LogP contribution in [0.25, 0.3) is 10.8 Å². The second-order valence-electron chi connectivity index (χ2n) is 4.92. The molecule has 3 rings (SSSR count). The van der Waals surface area contributed by atoms with Gasteiger partial charge in [0.05, 0.1) is 0 Å². The van der Waals surface area contributed by atoms with Gasteiger partial charge < -0.3 is 5.32 Å². The number of fused-ring (bicyclic) bond motifs is 1. The fraction of sp³-hybridized carbons (Fsp3) is 0.429. The molecule has 3 nitrogen and oxygen atoms in total. The summed E-state index contributed by atoms with van der Waals surface area (Å²) in [5, 5.41) is 14.1. The number of aromatic nitrogens is 2. The van der Waals surface area contributed by atoms with Gasteiger partial charge in [-0.3, -0.25) is 0 Å².